The summed E-state index contributed by atoms with van der Waals surface area (Å²) in [7, 11) is -3.76. The molecule has 2 rings (SSSR count). The van der Waals surface area contributed by atoms with E-state index in [1.165, 1.54) is 18.2 Å². The highest BCUT2D eigenvalue weighted by molar-refractivity contribution is 9.10. The summed E-state index contributed by atoms with van der Waals surface area (Å²) in [6, 6.07) is 9.14. The fourth-order valence-electron chi connectivity index (χ4n) is 1.42. The molecule has 0 radical (unpaired) electrons. The predicted octanol–water partition coefficient (Wildman–Crippen LogP) is 2.66. The zero-order valence-electron chi connectivity index (χ0n) is 9.96. The lowest BCUT2D eigenvalue weighted by molar-refractivity contribution is 0.475. The number of hydrogen-bond donors (Lipinski definition) is 2. The van der Waals surface area contributed by atoms with Gasteiger partial charge in [0.1, 0.15) is 0 Å². The van der Waals surface area contributed by atoms with Crippen LogP contribution in [0.3, 0.4) is 0 Å². The molecule has 7 heteroatoms. The van der Waals surface area contributed by atoms with Crippen molar-refractivity contribution in [2.75, 3.05) is 4.72 Å². The summed E-state index contributed by atoms with van der Waals surface area (Å²) in [5, 5.41) is 9.59. The lowest BCUT2D eigenvalue weighted by Gasteiger charge is -2.09. The zero-order chi connectivity index (χ0) is 14.0. The molecule has 0 bridgehead atoms. The van der Waals surface area contributed by atoms with Crippen LogP contribution in [-0.4, -0.2) is 18.5 Å². The van der Waals surface area contributed by atoms with E-state index < -0.39 is 10.0 Å². The van der Waals surface area contributed by atoms with Gasteiger partial charge in [0.15, 0.2) is 11.6 Å². The van der Waals surface area contributed by atoms with E-state index in [2.05, 4.69) is 25.6 Å². The number of nitrogens with zero attached hydrogens (tertiary/aromatic N) is 1. The molecular formula is C12H11BrN2O3S. The van der Waals surface area contributed by atoms with Gasteiger partial charge in [0, 0.05) is 10.2 Å². The minimum Gasteiger partial charge on any atom is -0.504 e. The van der Waals surface area contributed by atoms with E-state index in [1.807, 2.05) is 0 Å². The van der Waals surface area contributed by atoms with Crippen LogP contribution in [0.2, 0.25) is 0 Å². The van der Waals surface area contributed by atoms with Crippen LogP contribution in [0.5, 0.6) is 5.75 Å². The quantitative estimate of drug-likeness (QED) is 0.898. The Hall–Kier alpha value is -1.60. The minimum atomic E-state index is -3.76. The van der Waals surface area contributed by atoms with E-state index in [1.54, 1.807) is 25.1 Å². The van der Waals surface area contributed by atoms with Crippen LogP contribution >= 0.6 is 15.9 Å². The van der Waals surface area contributed by atoms with Crippen LogP contribution in [0.4, 0.5) is 5.82 Å². The number of pyridine rings is 1. The van der Waals surface area contributed by atoms with Crippen molar-refractivity contribution in [3.8, 4) is 5.75 Å². The molecular weight excluding hydrogens is 332 g/mol. The third kappa shape index (κ3) is 3.24. The molecule has 0 fully saturated rings. The Bertz CT molecular complexity index is 699. The SMILES string of the molecule is Cc1ccc(O)c(NS(=O)(=O)c2ccc(Br)cc2)n1. The van der Waals surface area contributed by atoms with E-state index in [9.17, 15) is 13.5 Å². The Balaban J connectivity index is 2.36. The number of halogens is 1. The highest BCUT2D eigenvalue weighted by Gasteiger charge is 2.16. The third-order valence-corrected chi connectivity index (χ3v) is 4.25. The average Bonchev–Trinajstić information content (AvgIpc) is 2.34. The summed E-state index contributed by atoms with van der Waals surface area (Å²) in [4.78, 5) is 4.05. The zero-order valence-corrected chi connectivity index (χ0v) is 12.4. The number of hydrogen-bond acceptors (Lipinski definition) is 4. The van der Waals surface area contributed by atoms with Gasteiger partial charge in [-0.05, 0) is 43.3 Å². The van der Waals surface area contributed by atoms with Gasteiger partial charge in [-0.3, -0.25) is 4.72 Å². The third-order valence-electron chi connectivity index (χ3n) is 2.37. The van der Waals surface area contributed by atoms with E-state index in [-0.39, 0.29) is 16.5 Å². The molecule has 0 aliphatic rings. The first-order valence-electron chi connectivity index (χ1n) is 5.33. The number of benzene rings is 1. The second-order valence-corrected chi connectivity index (χ2v) is 6.48. The molecule has 1 aromatic carbocycles. The number of rotatable bonds is 3. The molecule has 0 aliphatic heterocycles. The maximum absolute atomic E-state index is 12.1. The van der Waals surface area contributed by atoms with Crippen molar-refractivity contribution in [2.45, 2.75) is 11.8 Å². The molecule has 1 aromatic heterocycles. The van der Waals surface area contributed by atoms with Gasteiger partial charge in [0.2, 0.25) is 0 Å². The minimum absolute atomic E-state index is 0.0806. The monoisotopic (exact) mass is 342 g/mol. The number of aromatic hydroxyl groups is 1. The molecule has 100 valence electrons. The number of sulfonamides is 1. The van der Waals surface area contributed by atoms with Crippen molar-refractivity contribution in [2.24, 2.45) is 0 Å². The van der Waals surface area contributed by atoms with E-state index in [4.69, 9.17) is 0 Å². The van der Waals surface area contributed by atoms with Crippen LogP contribution < -0.4 is 4.72 Å². The van der Waals surface area contributed by atoms with Crippen molar-refractivity contribution in [3.05, 3.63) is 46.6 Å². The summed E-state index contributed by atoms with van der Waals surface area (Å²) in [5.41, 5.74) is 0.603. The van der Waals surface area contributed by atoms with Gasteiger partial charge in [-0.25, -0.2) is 13.4 Å². The van der Waals surface area contributed by atoms with Crippen molar-refractivity contribution in [1.82, 2.24) is 4.98 Å². The average molecular weight is 343 g/mol. The first kappa shape index (κ1) is 13.8. The summed E-state index contributed by atoms with van der Waals surface area (Å²) < 4.78 is 27.2. The molecule has 0 unspecified atom stereocenters. The smallest absolute Gasteiger partial charge is 0.263 e. The van der Waals surface area contributed by atoms with Crippen LogP contribution in [0.25, 0.3) is 0 Å². The highest BCUT2D eigenvalue weighted by atomic mass is 79.9. The van der Waals surface area contributed by atoms with Gasteiger partial charge in [-0.1, -0.05) is 15.9 Å². The first-order valence-corrected chi connectivity index (χ1v) is 7.61. The Morgan fingerprint density at radius 3 is 2.42 bits per heavy atom. The fourth-order valence-corrected chi connectivity index (χ4v) is 2.71. The lowest BCUT2D eigenvalue weighted by atomic mass is 10.3. The normalized spacial score (nSPS) is 11.3. The van der Waals surface area contributed by atoms with Crippen molar-refractivity contribution in [1.29, 1.82) is 0 Å². The number of anilines is 1. The topological polar surface area (TPSA) is 79.3 Å². The van der Waals surface area contributed by atoms with Crippen LogP contribution in [0.15, 0.2) is 45.8 Å². The molecule has 0 amide bonds. The van der Waals surface area contributed by atoms with E-state index >= 15 is 0 Å². The van der Waals surface area contributed by atoms with Crippen LogP contribution in [0, 0.1) is 6.92 Å². The van der Waals surface area contributed by atoms with Gasteiger partial charge in [0.05, 0.1) is 4.90 Å². The Morgan fingerprint density at radius 1 is 1.16 bits per heavy atom. The van der Waals surface area contributed by atoms with Crippen molar-refractivity contribution < 1.29 is 13.5 Å². The molecule has 0 saturated heterocycles. The maximum Gasteiger partial charge on any atom is 0.263 e. The van der Waals surface area contributed by atoms with Gasteiger partial charge in [0.25, 0.3) is 10.0 Å². The number of aryl methyl sites for hydroxylation is 1. The Morgan fingerprint density at radius 2 is 1.79 bits per heavy atom. The molecule has 0 aliphatic carbocycles. The molecule has 0 atom stereocenters. The second-order valence-electron chi connectivity index (χ2n) is 3.88. The largest absolute Gasteiger partial charge is 0.504 e. The molecule has 0 saturated carbocycles. The number of aromatic nitrogens is 1. The fraction of sp³-hybridized carbons (Fsp3) is 0.0833. The van der Waals surface area contributed by atoms with Gasteiger partial charge >= 0.3 is 0 Å². The Labute approximate surface area is 119 Å². The first-order chi connectivity index (χ1) is 8.88. The van der Waals surface area contributed by atoms with E-state index in [0.29, 0.717) is 5.69 Å². The summed E-state index contributed by atoms with van der Waals surface area (Å²) in [6.07, 6.45) is 0. The molecule has 2 aromatic rings. The molecule has 19 heavy (non-hydrogen) atoms. The molecule has 2 N–H and O–H groups in total. The standard InChI is InChI=1S/C12H11BrN2O3S/c1-8-2-7-11(16)12(14-8)15-19(17,18)10-5-3-9(13)4-6-10/h2-7,16H,1H3,(H,14,15). The summed E-state index contributed by atoms with van der Waals surface area (Å²) >= 11 is 3.23. The molecule has 0 spiro atoms. The molecule has 5 nitrogen and oxygen atoms in total. The van der Waals surface area contributed by atoms with Crippen molar-refractivity contribution >= 4 is 31.8 Å². The van der Waals surface area contributed by atoms with E-state index in [0.717, 1.165) is 4.47 Å². The van der Waals surface area contributed by atoms with Gasteiger partial charge in [-0.15, -0.1) is 0 Å². The number of nitrogens with one attached hydrogen (secondary N) is 1. The molecule has 1 heterocycles. The maximum atomic E-state index is 12.1. The highest BCUT2D eigenvalue weighted by Crippen LogP contribution is 2.24. The van der Waals surface area contributed by atoms with Gasteiger partial charge < -0.3 is 5.11 Å². The van der Waals surface area contributed by atoms with Crippen LogP contribution in [-0.2, 0) is 10.0 Å². The second kappa shape index (κ2) is 5.18. The Kier molecular flexibility index (Phi) is 3.77. The lowest BCUT2D eigenvalue weighted by Crippen LogP contribution is -2.14. The summed E-state index contributed by atoms with van der Waals surface area (Å²) in [5.74, 6) is -0.297. The predicted molar refractivity (Wildman–Crippen MR) is 75.6 cm³/mol. The van der Waals surface area contributed by atoms with Crippen LogP contribution in [0.1, 0.15) is 5.69 Å². The summed E-state index contributed by atoms with van der Waals surface area (Å²) in [6.45, 7) is 1.71. The van der Waals surface area contributed by atoms with Crippen molar-refractivity contribution in [3.63, 3.8) is 0 Å². The van der Waals surface area contributed by atoms with Gasteiger partial charge in [-0.2, -0.15) is 0 Å².